The molecule has 0 aliphatic carbocycles. The van der Waals surface area contributed by atoms with E-state index in [1.54, 1.807) is 0 Å². The number of hydrogen-bond acceptors (Lipinski definition) is 6. The van der Waals surface area contributed by atoms with Crippen molar-refractivity contribution in [3.05, 3.63) is 11.7 Å². The lowest BCUT2D eigenvalue weighted by molar-refractivity contribution is -0.0403. The fourth-order valence-corrected chi connectivity index (χ4v) is 2.43. The third-order valence-corrected chi connectivity index (χ3v) is 3.87. The van der Waals surface area contributed by atoms with Gasteiger partial charge in [-0.2, -0.15) is 4.98 Å². The summed E-state index contributed by atoms with van der Waals surface area (Å²) in [6, 6.07) is 0. The number of ether oxygens (including phenoxy) is 1. The van der Waals surface area contributed by atoms with E-state index in [2.05, 4.69) is 27.3 Å². The van der Waals surface area contributed by atoms with Gasteiger partial charge in [0.2, 0.25) is 11.7 Å². The zero-order chi connectivity index (χ0) is 14.4. The first-order valence-corrected chi connectivity index (χ1v) is 7.58. The monoisotopic (exact) mass is 282 g/mol. The Bertz CT molecular complexity index is 402. The molecule has 1 unspecified atom stereocenters. The van der Waals surface area contributed by atoms with Crippen molar-refractivity contribution in [1.29, 1.82) is 0 Å². The van der Waals surface area contributed by atoms with Gasteiger partial charge in [-0.15, -0.1) is 0 Å². The van der Waals surface area contributed by atoms with E-state index in [9.17, 15) is 0 Å². The number of nitrogens with zero attached hydrogens (tertiary/aromatic N) is 3. The fraction of sp³-hybridized carbons (Fsp3) is 0.857. The summed E-state index contributed by atoms with van der Waals surface area (Å²) in [5, 5.41) is 7.50. The van der Waals surface area contributed by atoms with Gasteiger partial charge >= 0.3 is 0 Å². The Morgan fingerprint density at radius 1 is 1.35 bits per heavy atom. The van der Waals surface area contributed by atoms with Gasteiger partial charge in [0.15, 0.2) is 0 Å². The minimum atomic E-state index is -0.448. The van der Waals surface area contributed by atoms with E-state index in [4.69, 9.17) is 9.26 Å². The van der Waals surface area contributed by atoms with Gasteiger partial charge in [-0.25, -0.2) is 0 Å². The van der Waals surface area contributed by atoms with Crippen molar-refractivity contribution in [1.82, 2.24) is 20.4 Å². The van der Waals surface area contributed by atoms with Crippen LogP contribution in [-0.2, 0) is 16.9 Å². The van der Waals surface area contributed by atoms with Crippen LogP contribution in [0.25, 0.3) is 0 Å². The predicted molar refractivity (Wildman–Crippen MR) is 76.3 cm³/mol. The maximum absolute atomic E-state index is 5.78. The summed E-state index contributed by atoms with van der Waals surface area (Å²) in [6.45, 7) is 11.6. The lowest BCUT2D eigenvalue weighted by atomic mass is 10.0. The zero-order valence-corrected chi connectivity index (χ0v) is 12.8. The minimum absolute atomic E-state index is 0.448. The van der Waals surface area contributed by atoms with Crippen molar-refractivity contribution in [3.63, 3.8) is 0 Å². The van der Waals surface area contributed by atoms with Gasteiger partial charge in [0.25, 0.3) is 0 Å². The molecule has 1 aromatic heterocycles. The van der Waals surface area contributed by atoms with Crippen molar-refractivity contribution in [3.8, 4) is 0 Å². The Labute approximate surface area is 120 Å². The number of rotatable bonds is 6. The first kappa shape index (κ1) is 15.4. The highest BCUT2D eigenvalue weighted by Gasteiger charge is 2.31. The molecule has 0 radical (unpaired) electrons. The molecule has 2 rings (SSSR count). The van der Waals surface area contributed by atoms with Crippen LogP contribution in [-0.4, -0.2) is 47.8 Å². The maximum atomic E-state index is 5.78. The molecule has 2 heterocycles. The van der Waals surface area contributed by atoms with Crippen LogP contribution in [0, 0.1) is 0 Å². The van der Waals surface area contributed by atoms with Crippen LogP contribution in [0.3, 0.4) is 0 Å². The molecular formula is C14H26N4O2. The molecule has 20 heavy (non-hydrogen) atoms. The average molecular weight is 282 g/mol. The lowest BCUT2D eigenvalue weighted by Crippen LogP contribution is -2.28. The molecule has 1 N–H and O–H groups in total. The van der Waals surface area contributed by atoms with E-state index in [1.807, 2.05) is 13.8 Å². The lowest BCUT2D eigenvalue weighted by Gasteiger charge is -2.23. The van der Waals surface area contributed by atoms with Crippen LogP contribution >= 0.6 is 0 Å². The van der Waals surface area contributed by atoms with E-state index in [0.29, 0.717) is 18.3 Å². The fourth-order valence-electron chi connectivity index (χ4n) is 2.43. The van der Waals surface area contributed by atoms with Gasteiger partial charge in [-0.3, -0.25) is 4.90 Å². The quantitative estimate of drug-likeness (QED) is 0.853. The number of hydrogen-bond donors (Lipinski definition) is 1. The topological polar surface area (TPSA) is 63.4 Å². The van der Waals surface area contributed by atoms with Crippen molar-refractivity contribution < 1.29 is 9.26 Å². The zero-order valence-electron chi connectivity index (χ0n) is 12.8. The molecule has 1 aliphatic rings. The smallest absolute Gasteiger partial charge is 0.240 e. The van der Waals surface area contributed by atoms with E-state index in [0.717, 1.165) is 45.6 Å². The van der Waals surface area contributed by atoms with Crippen LogP contribution < -0.4 is 5.32 Å². The van der Waals surface area contributed by atoms with E-state index < -0.39 is 5.60 Å². The highest BCUT2D eigenvalue weighted by atomic mass is 16.5. The normalized spacial score (nSPS) is 20.6. The summed E-state index contributed by atoms with van der Waals surface area (Å²) >= 11 is 0. The van der Waals surface area contributed by atoms with E-state index >= 15 is 0 Å². The Morgan fingerprint density at radius 3 is 2.95 bits per heavy atom. The summed E-state index contributed by atoms with van der Waals surface area (Å²) in [4.78, 5) is 6.88. The molecule has 6 heteroatoms. The molecule has 6 nitrogen and oxygen atoms in total. The Hall–Kier alpha value is -0.980. The summed E-state index contributed by atoms with van der Waals surface area (Å²) in [7, 11) is 0. The van der Waals surface area contributed by atoms with Crippen molar-refractivity contribution in [2.75, 3.05) is 32.8 Å². The third-order valence-electron chi connectivity index (χ3n) is 3.87. The van der Waals surface area contributed by atoms with Crippen molar-refractivity contribution in [2.45, 2.75) is 45.8 Å². The molecular weight excluding hydrogens is 256 g/mol. The highest BCUT2D eigenvalue weighted by Crippen LogP contribution is 2.26. The Kier molecular flexibility index (Phi) is 5.51. The molecule has 0 bridgehead atoms. The molecule has 1 saturated heterocycles. The van der Waals surface area contributed by atoms with Crippen LogP contribution in [0.5, 0.6) is 0 Å². The van der Waals surface area contributed by atoms with Gasteiger partial charge < -0.3 is 14.6 Å². The van der Waals surface area contributed by atoms with Gasteiger partial charge in [0.1, 0.15) is 5.60 Å². The SMILES string of the molecule is CCOC(C)(CC)c1noc(CN2CCCNCC2)n1. The number of aromatic nitrogens is 2. The molecule has 1 fully saturated rings. The second kappa shape index (κ2) is 7.15. The summed E-state index contributed by atoms with van der Waals surface area (Å²) < 4.78 is 11.2. The Morgan fingerprint density at radius 2 is 2.20 bits per heavy atom. The van der Waals surface area contributed by atoms with E-state index in [1.165, 1.54) is 0 Å². The van der Waals surface area contributed by atoms with Crippen LogP contribution in [0.4, 0.5) is 0 Å². The molecule has 0 saturated carbocycles. The van der Waals surface area contributed by atoms with Crippen molar-refractivity contribution in [2.24, 2.45) is 0 Å². The first-order chi connectivity index (χ1) is 9.68. The van der Waals surface area contributed by atoms with E-state index in [-0.39, 0.29) is 0 Å². The van der Waals surface area contributed by atoms with Crippen LogP contribution in [0.2, 0.25) is 0 Å². The standard InChI is InChI=1S/C14H26N4O2/c1-4-14(3,19-5-2)13-16-12(20-17-13)11-18-9-6-7-15-8-10-18/h15H,4-11H2,1-3H3. The molecule has 1 atom stereocenters. The molecule has 0 aromatic carbocycles. The second-order valence-electron chi connectivity index (χ2n) is 5.41. The molecule has 0 amide bonds. The predicted octanol–water partition coefficient (Wildman–Crippen LogP) is 1.53. The molecule has 1 aliphatic heterocycles. The van der Waals surface area contributed by atoms with Gasteiger partial charge in [0.05, 0.1) is 6.54 Å². The highest BCUT2D eigenvalue weighted by molar-refractivity contribution is 4.99. The Balaban J connectivity index is 2.00. The second-order valence-corrected chi connectivity index (χ2v) is 5.41. The number of nitrogens with one attached hydrogen (secondary N) is 1. The van der Waals surface area contributed by atoms with Gasteiger partial charge in [-0.05, 0) is 39.8 Å². The van der Waals surface area contributed by atoms with Gasteiger partial charge in [0, 0.05) is 19.7 Å². The summed E-state index contributed by atoms with van der Waals surface area (Å²) in [5.41, 5.74) is -0.448. The minimum Gasteiger partial charge on any atom is -0.367 e. The van der Waals surface area contributed by atoms with Crippen molar-refractivity contribution >= 4 is 0 Å². The molecule has 1 aromatic rings. The van der Waals surface area contributed by atoms with Gasteiger partial charge in [-0.1, -0.05) is 12.1 Å². The average Bonchev–Trinajstić information content (AvgIpc) is 2.76. The maximum Gasteiger partial charge on any atom is 0.240 e. The third kappa shape index (κ3) is 3.77. The van der Waals surface area contributed by atoms with Crippen LogP contribution in [0.15, 0.2) is 4.52 Å². The molecule has 114 valence electrons. The summed E-state index contributed by atoms with van der Waals surface area (Å²) in [6.07, 6.45) is 1.99. The van der Waals surface area contributed by atoms with Crippen LogP contribution in [0.1, 0.15) is 45.3 Å². The molecule has 0 spiro atoms. The first-order valence-electron chi connectivity index (χ1n) is 7.58. The largest absolute Gasteiger partial charge is 0.367 e. The summed E-state index contributed by atoms with van der Waals surface area (Å²) in [5.74, 6) is 1.34.